The van der Waals surface area contributed by atoms with Crippen LogP contribution in [-0.4, -0.2) is 47.7 Å². The van der Waals surface area contributed by atoms with Crippen molar-refractivity contribution in [1.82, 2.24) is 10.0 Å². The van der Waals surface area contributed by atoms with Crippen LogP contribution >= 0.6 is 0 Å². The molecule has 22 heavy (non-hydrogen) atoms. The summed E-state index contributed by atoms with van der Waals surface area (Å²) in [7, 11) is -0.747. The first-order valence-corrected chi connectivity index (χ1v) is 8.23. The molecule has 0 heterocycles. The highest BCUT2D eigenvalue weighted by Gasteiger charge is 2.22. The van der Waals surface area contributed by atoms with Crippen molar-refractivity contribution in [3.05, 3.63) is 23.8 Å². The van der Waals surface area contributed by atoms with Gasteiger partial charge in [0.05, 0.1) is 24.7 Å². The van der Waals surface area contributed by atoms with Gasteiger partial charge in [0.1, 0.15) is 5.75 Å². The minimum Gasteiger partial charge on any atom is -0.496 e. The zero-order valence-electron chi connectivity index (χ0n) is 13.2. The summed E-state index contributed by atoms with van der Waals surface area (Å²) in [5.41, 5.74) is 0.697. The number of aryl methyl sites for hydroxylation is 1. The molecule has 0 radical (unpaired) electrons. The Balaban J connectivity index is 2.78. The minimum absolute atomic E-state index is 0.0855. The molecule has 2 N–H and O–H groups in total. The normalized spacial score (nSPS) is 12.7. The van der Waals surface area contributed by atoms with E-state index >= 15 is 0 Å². The lowest BCUT2D eigenvalue weighted by Gasteiger charge is -2.15. The van der Waals surface area contributed by atoms with Gasteiger partial charge in [0, 0.05) is 13.7 Å². The topological polar surface area (TPSA) is 93.7 Å². The van der Waals surface area contributed by atoms with Crippen molar-refractivity contribution in [3.8, 4) is 5.75 Å². The van der Waals surface area contributed by atoms with Crippen LogP contribution in [0.4, 0.5) is 0 Å². The molecule has 1 amide bonds. The highest BCUT2D eigenvalue weighted by Crippen LogP contribution is 2.21. The first-order chi connectivity index (χ1) is 10.3. The van der Waals surface area contributed by atoms with Crippen LogP contribution in [0.2, 0.25) is 0 Å². The van der Waals surface area contributed by atoms with Crippen molar-refractivity contribution in [2.75, 3.05) is 27.4 Å². The van der Waals surface area contributed by atoms with E-state index < -0.39 is 22.0 Å². The summed E-state index contributed by atoms with van der Waals surface area (Å²) in [5.74, 6) is 0.190. The van der Waals surface area contributed by atoms with Gasteiger partial charge < -0.3 is 14.8 Å². The summed E-state index contributed by atoms with van der Waals surface area (Å²) in [5, 5.41) is 2.58. The first-order valence-electron chi connectivity index (χ1n) is 6.75. The van der Waals surface area contributed by atoms with Gasteiger partial charge in [-0.2, -0.15) is 4.72 Å². The molecule has 1 atom stereocenters. The standard InChI is InChI=1S/C14H22N2O5S/c1-10-9-12(5-6-13(10)21-4)22(18,19)16-11(2)14(17)15-7-8-20-3/h5-6,9,11,16H,7-8H2,1-4H3,(H,15,17)/t11-/m1/s1. The van der Waals surface area contributed by atoms with E-state index in [0.29, 0.717) is 24.5 Å². The number of hydrogen-bond acceptors (Lipinski definition) is 5. The summed E-state index contributed by atoms with van der Waals surface area (Å²) in [6, 6.07) is 3.62. The molecule has 0 aliphatic rings. The highest BCUT2D eigenvalue weighted by atomic mass is 32.2. The zero-order chi connectivity index (χ0) is 16.8. The number of methoxy groups -OCH3 is 2. The maximum absolute atomic E-state index is 12.3. The van der Waals surface area contributed by atoms with Crippen LogP contribution in [0.25, 0.3) is 0 Å². The predicted octanol–water partition coefficient (Wildman–Crippen LogP) is 0.433. The molecule has 124 valence electrons. The summed E-state index contributed by atoms with van der Waals surface area (Å²) in [6.07, 6.45) is 0. The molecule has 1 aromatic rings. The summed E-state index contributed by atoms with van der Waals surface area (Å²) >= 11 is 0. The van der Waals surface area contributed by atoms with Crippen molar-refractivity contribution in [3.63, 3.8) is 0 Å². The molecular formula is C14H22N2O5S. The average Bonchev–Trinajstić information content (AvgIpc) is 2.46. The Kier molecular flexibility index (Phi) is 6.79. The van der Waals surface area contributed by atoms with E-state index in [0.717, 1.165) is 0 Å². The molecule has 0 saturated carbocycles. The Morgan fingerprint density at radius 1 is 1.32 bits per heavy atom. The number of carbonyl (C=O) groups excluding carboxylic acids is 1. The fourth-order valence-corrected chi connectivity index (χ4v) is 3.09. The van der Waals surface area contributed by atoms with Crippen molar-refractivity contribution in [2.45, 2.75) is 24.8 Å². The Bertz CT molecular complexity index is 616. The molecule has 0 fully saturated rings. The van der Waals surface area contributed by atoms with Crippen molar-refractivity contribution >= 4 is 15.9 Å². The van der Waals surface area contributed by atoms with Gasteiger partial charge in [0.15, 0.2) is 0 Å². The molecule has 7 nitrogen and oxygen atoms in total. The van der Waals surface area contributed by atoms with E-state index in [1.807, 2.05) is 0 Å². The van der Waals surface area contributed by atoms with Gasteiger partial charge >= 0.3 is 0 Å². The predicted molar refractivity (Wildman–Crippen MR) is 82.4 cm³/mol. The second-order valence-corrected chi connectivity index (χ2v) is 6.47. The van der Waals surface area contributed by atoms with Gasteiger partial charge in [0.25, 0.3) is 0 Å². The number of nitrogens with one attached hydrogen (secondary N) is 2. The Morgan fingerprint density at radius 2 is 2.00 bits per heavy atom. The Morgan fingerprint density at radius 3 is 2.55 bits per heavy atom. The molecule has 0 saturated heterocycles. The van der Waals surface area contributed by atoms with Gasteiger partial charge in [0.2, 0.25) is 15.9 Å². The maximum atomic E-state index is 12.3. The number of carbonyl (C=O) groups is 1. The molecule has 0 unspecified atom stereocenters. The summed E-state index contributed by atoms with van der Waals surface area (Å²) in [4.78, 5) is 11.9. The van der Waals surface area contributed by atoms with Crippen LogP contribution in [0.1, 0.15) is 12.5 Å². The Labute approximate surface area is 131 Å². The van der Waals surface area contributed by atoms with E-state index in [1.165, 1.54) is 33.3 Å². The lowest BCUT2D eigenvalue weighted by Crippen LogP contribution is -2.45. The second-order valence-electron chi connectivity index (χ2n) is 4.76. The van der Waals surface area contributed by atoms with Gasteiger partial charge in [-0.3, -0.25) is 4.79 Å². The quantitative estimate of drug-likeness (QED) is 0.674. The lowest BCUT2D eigenvalue weighted by atomic mass is 10.2. The minimum atomic E-state index is -3.78. The third-order valence-electron chi connectivity index (χ3n) is 3.01. The van der Waals surface area contributed by atoms with Crippen LogP contribution in [-0.2, 0) is 19.6 Å². The van der Waals surface area contributed by atoms with Crippen LogP contribution in [0.3, 0.4) is 0 Å². The zero-order valence-corrected chi connectivity index (χ0v) is 14.0. The third kappa shape index (κ3) is 4.97. The molecular weight excluding hydrogens is 308 g/mol. The van der Waals surface area contributed by atoms with Gasteiger partial charge in [-0.15, -0.1) is 0 Å². The van der Waals surface area contributed by atoms with Crippen molar-refractivity contribution < 1.29 is 22.7 Å². The van der Waals surface area contributed by atoms with Crippen molar-refractivity contribution in [2.24, 2.45) is 0 Å². The van der Waals surface area contributed by atoms with Crippen LogP contribution in [0.15, 0.2) is 23.1 Å². The highest BCUT2D eigenvalue weighted by molar-refractivity contribution is 7.89. The first kappa shape index (κ1) is 18.4. The van der Waals surface area contributed by atoms with Gasteiger partial charge in [-0.05, 0) is 37.6 Å². The lowest BCUT2D eigenvalue weighted by molar-refractivity contribution is -0.122. The van der Waals surface area contributed by atoms with Crippen LogP contribution < -0.4 is 14.8 Å². The third-order valence-corrected chi connectivity index (χ3v) is 4.55. The molecule has 0 spiro atoms. The smallest absolute Gasteiger partial charge is 0.241 e. The fraction of sp³-hybridized carbons (Fsp3) is 0.500. The average molecular weight is 330 g/mol. The monoisotopic (exact) mass is 330 g/mol. The molecule has 0 aliphatic heterocycles. The number of sulfonamides is 1. The molecule has 0 bridgehead atoms. The molecule has 1 aromatic carbocycles. The number of ether oxygens (including phenoxy) is 2. The summed E-state index contributed by atoms with van der Waals surface area (Å²) < 4.78 is 36.8. The molecule has 0 aromatic heterocycles. The van der Waals surface area contributed by atoms with E-state index in [1.54, 1.807) is 13.0 Å². The van der Waals surface area contributed by atoms with Gasteiger partial charge in [-0.1, -0.05) is 0 Å². The molecule has 0 aliphatic carbocycles. The summed E-state index contributed by atoms with van der Waals surface area (Å²) in [6.45, 7) is 3.92. The number of rotatable bonds is 8. The van der Waals surface area contributed by atoms with Crippen LogP contribution in [0.5, 0.6) is 5.75 Å². The molecule has 1 rings (SSSR count). The SMILES string of the molecule is COCCNC(=O)[C@@H](C)NS(=O)(=O)c1ccc(OC)c(C)c1. The number of amides is 1. The largest absolute Gasteiger partial charge is 0.496 e. The fourth-order valence-electron chi connectivity index (χ4n) is 1.80. The van der Waals surface area contributed by atoms with E-state index in [4.69, 9.17) is 9.47 Å². The van der Waals surface area contributed by atoms with E-state index in [2.05, 4.69) is 10.0 Å². The van der Waals surface area contributed by atoms with Crippen molar-refractivity contribution in [1.29, 1.82) is 0 Å². The molecule has 8 heteroatoms. The number of benzene rings is 1. The Hall–Kier alpha value is -1.64. The van der Waals surface area contributed by atoms with E-state index in [-0.39, 0.29) is 4.90 Å². The van der Waals surface area contributed by atoms with Crippen LogP contribution in [0, 0.1) is 6.92 Å². The van der Waals surface area contributed by atoms with E-state index in [9.17, 15) is 13.2 Å². The maximum Gasteiger partial charge on any atom is 0.241 e. The second kappa shape index (κ2) is 8.11. The van der Waals surface area contributed by atoms with Gasteiger partial charge in [-0.25, -0.2) is 8.42 Å². The number of hydrogen-bond donors (Lipinski definition) is 2.